The second-order valence-corrected chi connectivity index (χ2v) is 8.76. The van der Waals surface area contributed by atoms with E-state index in [-0.39, 0.29) is 5.54 Å². The Morgan fingerprint density at radius 3 is 1.95 bits per heavy atom. The van der Waals surface area contributed by atoms with Crippen molar-refractivity contribution < 1.29 is 0 Å². The minimum atomic E-state index is 0.0281. The summed E-state index contributed by atoms with van der Waals surface area (Å²) >= 11 is 0. The molecule has 0 aromatic carbocycles. The Kier molecular flexibility index (Phi) is 2.65. The molecule has 0 heterocycles. The highest BCUT2D eigenvalue weighted by Crippen LogP contribution is 2.63. The van der Waals surface area contributed by atoms with Gasteiger partial charge in [-0.05, 0) is 88.5 Å². The van der Waals surface area contributed by atoms with Crippen molar-refractivity contribution in [2.75, 3.05) is 13.6 Å². The van der Waals surface area contributed by atoms with Crippen LogP contribution in [0, 0.1) is 23.2 Å². The molecule has 0 aliphatic heterocycles. The molecule has 19 heavy (non-hydrogen) atoms. The van der Waals surface area contributed by atoms with Crippen LogP contribution in [0.1, 0.15) is 58.3 Å². The van der Waals surface area contributed by atoms with Gasteiger partial charge in [0.1, 0.15) is 0 Å². The summed E-state index contributed by atoms with van der Waals surface area (Å²) in [6.45, 7) is 3.49. The Bertz CT molecular complexity index is 334. The highest BCUT2D eigenvalue weighted by atomic mass is 15.2. The van der Waals surface area contributed by atoms with Crippen molar-refractivity contribution in [3.63, 3.8) is 0 Å². The Morgan fingerprint density at radius 1 is 1.05 bits per heavy atom. The Balaban J connectivity index is 1.55. The highest BCUT2D eigenvalue weighted by Gasteiger charge is 2.57. The fourth-order valence-corrected chi connectivity index (χ4v) is 6.14. The third-order valence-corrected chi connectivity index (χ3v) is 7.00. The predicted octanol–water partition coefficient (Wildman–Crippen LogP) is 3.01. The maximum Gasteiger partial charge on any atom is 0.0312 e. The summed E-state index contributed by atoms with van der Waals surface area (Å²) in [5, 5.41) is 0. The normalized spacial score (nSPS) is 47.7. The Hall–Kier alpha value is -0.0800. The maximum atomic E-state index is 6.94. The van der Waals surface area contributed by atoms with Gasteiger partial charge < -0.3 is 10.6 Å². The van der Waals surface area contributed by atoms with Gasteiger partial charge in [-0.1, -0.05) is 0 Å². The van der Waals surface area contributed by atoms with E-state index in [1.54, 1.807) is 0 Å². The molecule has 5 fully saturated rings. The summed E-state index contributed by atoms with van der Waals surface area (Å²) in [6.07, 6.45) is 11.7. The van der Waals surface area contributed by atoms with E-state index in [0.717, 1.165) is 30.3 Å². The van der Waals surface area contributed by atoms with Crippen LogP contribution in [0.25, 0.3) is 0 Å². The third-order valence-electron chi connectivity index (χ3n) is 7.00. The summed E-state index contributed by atoms with van der Waals surface area (Å²) < 4.78 is 0. The molecule has 5 aliphatic rings. The van der Waals surface area contributed by atoms with Gasteiger partial charge in [-0.2, -0.15) is 0 Å². The molecule has 5 aliphatic carbocycles. The van der Waals surface area contributed by atoms with Gasteiger partial charge in [0.15, 0.2) is 0 Å². The zero-order valence-electron chi connectivity index (χ0n) is 12.7. The molecule has 0 spiro atoms. The van der Waals surface area contributed by atoms with Crippen LogP contribution in [0.5, 0.6) is 0 Å². The lowest BCUT2D eigenvalue weighted by atomic mass is 9.45. The van der Waals surface area contributed by atoms with Crippen molar-refractivity contribution in [3.8, 4) is 0 Å². The fourth-order valence-electron chi connectivity index (χ4n) is 6.14. The van der Waals surface area contributed by atoms with Crippen LogP contribution in [0.15, 0.2) is 0 Å². The van der Waals surface area contributed by atoms with E-state index < -0.39 is 0 Å². The summed E-state index contributed by atoms with van der Waals surface area (Å²) in [5.41, 5.74) is 7.45. The van der Waals surface area contributed by atoms with E-state index in [0.29, 0.717) is 5.41 Å². The first-order valence-corrected chi connectivity index (χ1v) is 8.47. The van der Waals surface area contributed by atoms with E-state index >= 15 is 0 Å². The number of hydrogen-bond acceptors (Lipinski definition) is 2. The molecule has 2 N–H and O–H groups in total. The number of likely N-dealkylation sites (N-methyl/N-ethyl adjacent to an activating group) is 1. The number of nitrogens with two attached hydrogens (primary N) is 1. The molecular weight excluding hydrogens is 232 g/mol. The minimum absolute atomic E-state index is 0.0281. The number of nitrogens with zero attached hydrogens (tertiary/aromatic N) is 1. The molecule has 1 unspecified atom stereocenters. The molecule has 2 heteroatoms. The molecule has 0 aromatic rings. The summed E-state index contributed by atoms with van der Waals surface area (Å²) in [5.74, 6) is 3.04. The second-order valence-electron chi connectivity index (χ2n) is 8.76. The van der Waals surface area contributed by atoms with Crippen LogP contribution in [-0.4, -0.2) is 30.1 Å². The quantitative estimate of drug-likeness (QED) is 0.844. The smallest absolute Gasteiger partial charge is 0.0312 e. The van der Waals surface area contributed by atoms with Crippen molar-refractivity contribution in [2.24, 2.45) is 28.9 Å². The third kappa shape index (κ3) is 1.98. The molecule has 5 rings (SSSR count). The van der Waals surface area contributed by atoms with Crippen LogP contribution >= 0.6 is 0 Å². The van der Waals surface area contributed by atoms with Gasteiger partial charge >= 0.3 is 0 Å². The van der Waals surface area contributed by atoms with E-state index in [1.807, 2.05) is 0 Å². The van der Waals surface area contributed by atoms with Crippen LogP contribution in [0.4, 0.5) is 0 Å². The molecule has 0 radical (unpaired) electrons. The first-order chi connectivity index (χ1) is 8.97. The Morgan fingerprint density at radius 2 is 1.53 bits per heavy atom. The molecule has 0 aromatic heterocycles. The lowest BCUT2D eigenvalue weighted by Crippen LogP contribution is -2.65. The van der Waals surface area contributed by atoms with Crippen molar-refractivity contribution in [2.45, 2.75) is 69.9 Å². The molecule has 2 nitrogen and oxygen atoms in total. The molecule has 5 saturated carbocycles. The van der Waals surface area contributed by atoms with E-state index in [9.17, 15) is 0 Å². The van der Waals surface area contributed by atoms with Crippen LogP contribution < -0.4 is 5.73 Å². The predicted molar refractivity (Wildman–Crippen MR) is 78.8 cm³/mol. The topological polar surface area (TPSA) is 29.3 Å². The van der Waals surface area contributed by atoms with Crippen molar-refractivity contribution in [3.05, 3.63) is 0 Å². The Labute approximate surface area is 118 Å². The maximum absolute atomic E-state index is 6.94. The highest BCUT2D eigenvalue weighted by molar-refractivity contribution is 5.11. The monoisotopic (exact) mass is 262 g/mol. The average molecular weight is 262 g/mol. The zero-order valence-corrected chi connectivity index (χ0v) is 12.7. The average Bonchev–Trinajstić information content (AvgIpc) is 3.09. The number of hydrogen-bond donors (Lipinski definition) is 1. The molecule has 108 valence electrons. The largest absolute Gasteiger partial charge is 0.324 e. The summed E-state index contributed by atoms with van der Waals surface area (Å²) in [4.78, 5) is 2.55. The summed E-state index contributed by atoms with van der Waals surface area (Å²) in [6, 6.07) is 0.844. The standard InChI is InChI=1S/C17H30N2/c1-16(18,11-19(2)15-3-4-15)17-8-12-5-13(9-17)7-14(6-12)10-17/h12-15H,3-11,18H2,1-2H3. The lowest BCUT2D eigenvalue weighted by molar-refractivity contribution is -0.0986. The van der Waals surface area contributed by atoms with Crippen molar-refractivity contribution >= 4 is 0 Å². The van der Waals surface area contributed by atoms with E-state index in [1.165, 1.54) is 51.4 Å². The fraction of sp³-hybridized carbons (Fsp3) is 1.00. The molecule has 4 bridgehead atoms. The van der Waals surface area contributed by atoms with Gasteiger partial charge in [0.25, 0.3) is 0 Å². The molecule has 1 atom stereocenters. The van der Waals surface area contributed by atoms with Gasteiger partial charge in [-0.15, -0.1) is 0 Å². The molecular formula is C17H30N2. The lowest BCUT2D eigenvalue weighted by Gasteiger charge is -2.62. The SMILES string of the molecule is CN(CC(C)(N)C12CC3CC(CC(C3)C1)C2)C1CC1. The second kappa shape index (κ2) is 3.98. The van der Waals surface area contributed by atoms with Crippen LogP contribution in [0.3, 0.4) is 0 Å². The van der Waals surface area contributed by atoms with Crippen molar-refractivity contribution in [1.29, 1.82) is 0 Å². The molecule has 0 saturated heterocycles. The first kappa shape index (κ1) is 12.6. The van der Waals surface area contributed by atoms with Crippen molar-refractivity contribution in [1.82, 2.24) is 4.90 Å². The van der Waals surface area contributed by atoms with E-state index in [4.69, 9.17) is 5.73 Å². The molecule has 0 amide bonds. The summed E-state index contributed by atoms with van der Waals surface area (Å²) in [7, 11) is 2.29. The zero-order chi connectivity index (χ0) is 13.3. The van der Waals surface area contributed by atoms with Crippen LogP contribution in [-0.2, 0) is 0 Å². The van der Waals surface area contributed by atoms with Gasteiger partial charge in [-0.3, -0.25) is 0 Å². The first-order valence-electron chi connectivity index (χ1n) is 8.47. The van der Waals surface area contributed by atoms with Gasteiger partial charge in [0.05, 0.1) is 0 Å². The number of rotatable bonds is 4. The van der Waals surface area contributed by atoms with Gasteiger partial charge in [-0.25, -0.2) is 0 Å². The van der Waals surface area contributed by atoms with Crippen LogP contribution in [0.2, 0.25) is 0 Å². The van der Waals surface area contributed by atoms with Gasteiger partial charge in [0, 0.05) is 18.1 Å². The van der Waals surface area contributed by atoms with Gasteiger partial charge in [0.2, 0.25) is 0 Å². The van der Waals surface area contributed by atoms with E-state index in [2.05, 4.69) is 18.9 Å². The minimum Gasteiger partial charge on any atom is -0.324 e.